The first-order valence-corrected chi connectivity index (χ1v) is 11.4. The Hall–Kier alpha value is -2.83. The van der Waals surface area contributed by atoms with Gasteiger partial charge in [0.05, 0.1) is 6.04 Å². The molecule has 1 aromatic heterocycles. The van der Waals surface area contributed by atoms with Gasteiger partial charge in [0.15, 0.2) is 0 Å². The summed E-state index contributed by atoms with van der Waals surface area (Å²) in [4.78, 5) is 37.1. The van der Waals surface area contributed by atoms with Crippen LogP contribution in [0.5, 0.6) is 0 Å². The number of carbonyl (C=O) groups excluding carboxylic acids is 3. The number of anilines is 1. The summed E-state index contributed by atoms with van der Waals surface area (Å²) >= 11 is 0. The molecule has 1 aliphatic carbocycles. The molecule has 0 radical (unpaired) electrons. The van der Waals surface area contributed by atoms with Crippen LogP contribution in [0.2, 0.25) is 0 Å². The van der Waals surface area contributed by atoms with Crippen molar-refractivity contribution in [3.8, 4) is 0 Å². The quantitative estimate of drug-likeness (QED) is 0.661. The lowest BCUT2D eigenvalue weighted by atomic mass is 9.89. The van der Waals surface area contributed by atoms with Crippen molar-refractivity contribution in [3.05, 3.63) is 30.0 Å². The molecule has 3 N–H and O–H groups in total. The second kappa shape index (κ2) is 9.12. The summed E-state index contributed by atoms with van der Waals surface area (Å²) in [6.07, 6.45) is 6.54. The molecule has 2 heterocycles. The van der Waals surface area contributed by atoms with E-state index >= 15 is 0 Å². The zero-order chi connectivity index (χ0) is 22.0. The highest BCUT2D eigenvalue weighted by Gasteiger charge is 2.29. The average molecular weight is 425 g/mol. The molecule has 1 aliphatic heterocycles. The Morgan fingerprint density at radius 3 is 2.68 bits per heavy atom. The molecule has 7 heteroatoms. The number of hydrogen-bond acceptors (Lipinski definition) is 3. The molecule has 2 aliphatic rings. The maximum atomic E-state index is 12.7. The number of carbonyl (C=O) groups is 3. The number of amides is 3. The van der Waals surface area contributed by atoms with Crippen molar-refractivity contribution in [1.82, 2.24) is 15.2 Å². The van der Waals surface area contributed by atoms with Gasteiger partial charge in [0.2, 0.25) is 11.8 Å². The van der Waals surface area contributed by atoms with Gasteiger partial charge in [0.1, 0.15) is 5.69 Å². The van der Waals surface area contributed by atoms with E-state index in [0.29, 0.717) is 30.3 Å². The number of fused-ring (bicyclic) bond motifs is 3. The van der Waals surface area contributed by atoms with E-state index in [2.05, 4.69) is 16.0 Å². The Balaban J connectivity index is 1.50. The molecule has 1 saturated carbocycles. The van der Waals surface area contributed by atoms with E-state index in [9.17, 15) is 14.4 Å². The van der Waals surface area contributed by atoms with Crippen LogP contribution in [0.15, 0.2) is 24.3 Å². The van der Waals surface area contributed by atoms with Gasteiger partial charge in [-0.2, -0.15) is 0 Å². The normalized spacial score (nSPS) is 19.2. The SMILES string of the molecule is CC(C)C(=O)Nc1ccc2c(c1)cc1n2C(CC(=O)NCC2CCCCC2)CNC1=O. The maximum Gasteiger partial charge on any atom is 0.268 e. The summed E-state index contributed by atoms with van der Waals surface area (Å²) in [7, 11) is 0. The van der Waals surface area contributed by atoms with Crippen molar-refractivity contribution in [2.45, 2.75) is 58.4 Å². The molecule has 4 rings (SSSR count). The van der Waals surface area contributed by atoms with Crippen LogP contribution in [0.25, 0.3) is 10.9 Å². The second-order valence-electron chi connectivity index (χ2n) is 9.19. The van der Waals surface area contributed by atoms with Crippen LogP contribution in [0.1, 0.15) is 68.9 Å². The maximum absolute atomic E-state index is 12.7. The molecular weight excluding hydrogens is 392 g/mol. The van der Waals surface area contributed by atoms with Crippen molar-refractivity contribution >= 4 is 34.3 Å². The van der Waals surface area contributed by atoms with Gasteiger partial charge >= 0.3 is 0 Å². The largest absolute Gasteiger partial charge is 0.356 e. The molecule has 0 saturated heterocycles. The fourth-order valence-electron chi connectivity index (χ4n) is 4.66. The minimum Gasteiger partial charge on any atom is -0.356 e. The van der Waals surface area contributed by atoms with Crippen LogP contribution in [0.4, 0.5) is 5.69 Å². The molecule has 2 aromatic rings. The van der Waals surface area contributed by atoms with Crippen LogP contribution < -0.4 is 16.0 Å². The lowest BCUT2D eigenvalue weighted by molar-refractivity contribution is -0.122. The third kappa shape index (κ3) is 4.75. The first-order valence-electron chi connectivity index (χ1n) is 11.4. The van der Waals surface area contributed by atoms with Crippen molar-refractivity contribution in [1.29, 1.82) is 0 Å². The van der Waals surface area contributed by atoms with E-state index in [1.54, 1.807) is 0 Å². The minimum absolute atomic E-state index is 0.0281. The number of benzene rings is 1. The third-order valence-electron chi connectivity index (χ3n) is 6.46. The summed E-state index contributed by atoms with van der Waals surface area (Å²) in [5.74, 6) is 0.322. The zero-order valence-electron chi connectivity index (χ0n) is 18.4. The van der Waals surface area contributed by atoms with Crippen molar-refractivity contribution in [3.63, 3.8) is 0 Å². The van der Waals surface area contributed by atoms with Crippen LogP contribution in [0.3, 0.4) is 0 Å². The Morgan fingerprint density at radius 2 is 1.94 bits per heavy atom. The molecular formula is C24H32N4O3. The number of aromatic nitrogens is 1. The van der Waals surface area contributed by atoms with Crippen molar-refractivity contribution < 1.29 is 14.4 Å². The molecule has 31 heavy (non-hydrogen) atoms. The van der Waals surface area contributed by atoms with Gasteiger partial charge in [-0.05, 0) is 43.0 Å². The number of rotatable bonds is 6. The van der Waals surface area contributed by atoms with Crippen LogP contribution in [-0.2, 0) is 9.59 Å². The van der Waals surface area contributed by atoms with Gasteiger partial charge in [-0.3, -0.25) is 14.4 Å². The fourth-order valence-corrected chi connectivity index (χ4v) is 4.66. The smallest absolute Gasteiger partial charge is 0.268 e. The Morgan fingerprint density at radius 1 is 1.16 bits per heavy atom. The lowest BCUT2D eigenvalue weighted by Crippen LogP contribution is -2.41. The summed E-state index contributed by atoms with van der Waals surface area (Å²) in [5, 5.41) is 9.80. The number of hydrogen-bond donors (Lipinski definition) is 3. The average Bonchev–Trinajstić information content (AvgIpc) is 3.15. The Kier molecular flexibility index (Phi) is 6.30. The molecule has 1 aromatic carbocycles. The van der Waals surface area contributed by atoms with Crippen LogP contribution >= 0.6 is 0 Å². The van der Waals surface area contributed by atoms with Gasteiger partial charge in [-0.25, -0.2) is 0 Å². The molecule has 1 fully saturated rings. The Bertz CT molecular complexity index is 988. The highest BCUT2D eigenvalue weighted by molar-refractivity contribution is 6.01. The van der Waals surface area contributed by atoms with E-state index in [0.717, 1.165) is 17.4 Å². The third-order valence-corrected chi connectivity index (χ3v) is 6.46. The highest BCUT2D eigenvalue weighted by atomic mass is 16.2. The van der Waals surface area contributed by atoms with Gasteiger partial charge in [0.25, 0.3) is 5.91 Å². The first kappa shape index (κ1) is 21.4. The van der Waals surface area contributed by atoms with E-state index < -0.39 is 0 Å². The fraction of sp³-hybridized carbons (Fsp3) is 0.542. The summed E-state index contributed by atoms with van der Waals surface area (Å²) in [6.45, 7) is 4.87. The molecule has 166 valence electrons. The zero-order valence-corrected chi connectivity index (χ0v) is 18.4. The monoisotopic (exact) mass is 424 g/mol. The summed E-state index contributed by atoms with van der Waals surface area (Å²) in [5.41, 5.74) is 2.16. The van der Waals surface area contributed by atoms with Crippen molar-refractivity contribution in [2.75, 3.05) is 18.4 Å². The predicted octanol–water partition coefficient (Wildman–Crippen LogP) is 3.61. The molecule has 1 unspecified atom stereocenters. The van der Waals surface area contributed by atoms with E-state index in [-0.39, 0.29) is 29.7 Å². The standard InChI is InChI=1S/C24H32N4O3/c1-15(2)23(30)27-18-8-9-20-17(10-18)11-21-24(31)26-14-19(28(20)21)12-22(29)25-13-16-6-4-3-5-7-16/h8-11,15-16,19H,3-7,12-14H2,1-2H3,(H,25,29)(H,26,31)(H,27,30). The van der Waals surface area contributed by atoms with Gasteiger partial charge in [0, 0.05) is 42.0 Å². The van der Waals surface area contributed by atoms with Gasteiger partial charge < -0.3 is 20.5 Å². The summed E-state index contributed by atoms with van der Waals surface area (Å²) < 4.78 is 1.97. The minimum atomic E-state index is -0.136. The summed E-state index contributed by atoms with van der Waals surface area (Å²) in [6, 6.07) is 7.35. The molecule has 0 spiro atoms. The van der Waals surface area contributed by atoms with E-state index in [1.165, 1.54) is 32.1 Å². The predicted molar refractivity (Wildman–Crippen MR) is 121 cm³/mol. The van der Waals surface area contributed by atoms with Gasteiger partial charge in [-0.1, -0.05) is 33.1 Å². The highest BCUT2D eigenvalue weighted by Crippen LogP contribution is 2.30. The van der Waals surface area contributed by atoms with Crippen LogP contribution in [0, 0.1) is 11.8 Å². The van der Waals surface area contributed by atoms with Crippen LogP contribution in [-0.4, -0.2) is 35.4 Å². The number of nitrogens with one attached hydrogen (secondary N) is 3. The molecule has 7 nitrogen and oxygen atoms in total. The topological polar surface area (TPSA) is 92.2 Å². The van der Waals surface area contributed by atoms with E-state index in [1.807, 2.05) is 42.7 Å². The molecule has 1 atom stereocenters. The lowest BCUT2D eigenvalue weighted by Gasteiger charge is -2.27. The molecule has 3 amide bonds. The van der Waals surface area contributed by atoms with Gasteiger partial charge in [-0.15, -0.1) is 0 Å². The first-order chi connectivity index (χ1) is 14.9. The number of nitrogens with zero attached hydrogens (tertiary/aromatic N) is 1. The second-order valence-corrected chi connectivity index (χ2v) is 9.19. The Labute approximate surface area is 182 Å². The molecule has 0 bridgehead atoms. The van der Waals surface area contributed by atoms with Crippen molar-refractivity contribution in [2.24, 2.45) is 11.8 Å². The van der Waals surface area contributed by atoms with E-state index in [4.69, 9.17) is 0 Å².